The molecule has 0 aromatic carbocycles. The third-order valence-corrected chi connectivity index (χ3v) is 8.53. The number of fused-ring (bicyclic) bond motifs is 2. The summed E-state index contributed by atoms with van der Waals surface area (Å²) < 4.78 is 10.7. The number of carbonyl (C=O) groups is 2. The fourth-order valence-corrected chi connectivity index (χ4v) is 6.97. The summed E-state index contributed by atoms with van der Waals surface area (Å²) in [6, 6.07) is 14.1. The van der Waals surface area contributed by atoms with E-state index in [2.05, 4.69) is 4.98 Å². The predicted molar refractivity (Wildman–Crippen MR) is 147 cm³/mol. The van der Waals surface area contributed by atoms with Gasteiger partial charge in [-0.05, 0) is 57.3 Å². The van der Waals surface area contributed by atoms with Crippen molar-refractivity contribution in [3.05, 3.63) is 89.3 Å². The fourth-order valence-electron chi connectivity index (χ4n) is 6.97. The standard InChI is InChI=1S/C30H35N5O6/c1-19-10-8-13-22(32-19)24-28(26(36)40-4)17-35(16-21-12-6-7-15-31-21)18-29(27(37)41-5,30(28,38)39)25(34(24)3)23-14-9-11-20(2)33-23/h6-15,24-25,38-39H,16-18H2,1-5H3/t24-,25+,28+,29-. The van der Waals surface area contributed by atoms with Crippen molar-refractivity contribution in [3.8, 4) is 0 Å². The van der Waals surface area contributed by atoms with E-state index in [1.54, 1.807) is 48.5 Å². The molecule has 0 spiro atoms. The molecule has 5 heterocycles. The molecule has 5 rings (SSSR count). The maximum Gasteiger partial charge on any atom is 0.320 e. The predicted octanol–water partition coefficient (Wildman–Crippen LogP) is 1.73. The number of aryl methyl sites for hydroxylation is 2. The van der Waals surface area contributed by atoms with E-state index in [-0.39, 0.29) is 19.6 Å². The molecule has 3 aromatic rings. The highest BCUT2D eigenvalue weighted by Gasteiger charge is 2.82. The van der Waals surface area contributed by atoms with Crippen molar-refractivity contribution in [1.29, 1.82) is 0 Å². The van der Waals surface area contributed by atoms with E-state index in [0.29, 0.717) is 28.5 Å². The number of aliphatic hydroxyl groups is 2. The molecule has 2 aliphatic rings. The maximum absolute atomic E-state index is 14.1. The van der Waals surface area contributed by atoms with Gasteiger partial charge in [0, 0.05) is 37.2 Å². The van der Waals surface area contributed by atoms with Gasteiger partial charge in [0.15, 0.2) is 10.8 Å². The van der Waals surface area contributed by atoms with Crippen LogP contribution in [0.3, 0.4) is 0 Å². The Balaban J connectivity index is 1.86. The zero-order valence-corrected chi connectivity index (χ0v) is 23.8. The zero-order chi connectivity index (χ0) is 29.6. The van der Waals surface area contributed by atoms with Gasteiger partial charge >= 0.3 is 11.9 Å². The monoisotopic (exact) mass is 561 g/mol. The first kappa shape index (κ1) is 28.7. The number of methoxy groups -OCH3 is 2. The van der Waals surface area contributed by atoms with Crippen molar-refractivity contribution in [2.45, 2.75) is 38.3 Å². The van der Waals surface area contributed by atoms with Crippen LogP contribution in [0.4, 0.5) is 0 Å². The minimum absolute atomic E-state index is 0.166. The molecular formula is C30H35N5O6. The van der Waals surface area contributed by atoms with E-state index in [1.807, 2.05) is 43.0 Å². The molecule has 0 radical (unpaired) electrons. The Morgan fingerprint density at radius 2 is 1.37 bits per heavy atom. The Morgan fingerprint density at radius 1 is 0.854 bits per heavy atom. The lowest BCUT2D eigenvalue weighted by molar-refractivity contribution is -0.376. The summed E-state index contributed by atoms with van der Waals surface area (Å²) in [5, 5.41) is 25.0. The molecule has 2 N–H and O–H groups in total. The number of piperidine rings is 2. The van der Waals surface area contributed by atoms with Crippen LogP contribution in [0.15, 0.2) is 60.8 Å². The van der Waals surface area contributed by atoms with Crippen LogP contribution >= 0.6 is 0 Å². The molecule has 11 heteroatoms. The van der Waals surface area contributed by atoms with E-state index in [1.165, 1.54) is 14.2 Å². The van der Waals surface area contributed by atoms with Crippen LogP contribution in [0.5, 0.6) is 0 Å². The Kier molecular flexibility index (Phi) is 7.41. The van der Waals surface area contributed by atoms with E-state index in [9.17, 15) is 19.8 Å². The second kappa shape index (κ2) is 10.6. The molecule has 2 bridgehead atoms. The van der Waals surface area contributed by atoms with Gasteiger partial charge < -0.3 is 19.7 Å². The van der Waals surface area contributed by atoms with Crippen LogP contribution in [-0.4, -0.2) is 87.0 Å². The lowest BCUT2D eigenvalue weighted by Gasteiger charge is -2.67. The summed E-state index contributed by atoms with van der Waals surface area (Å²) in [7, 11) is 4.13. The summed E-state index contributed by atoms with van der Waals surface area (Å²) in [5.41, 5.74) is -1.33. The lowest BCUT2D eigenvalue weighted by Crippen LogP contribution is -2.83. The first-order valence-electron chi connectivity index (χ1n) is 13.4. The molecule has 4 atom stereocenters. The van der Waals surface area contributed by atoms with Crippen LogP contribution in [0, 0.1) is 24.7 Å². The first-order valence-corrected chi connectivity index (χ1v) is 13.4. The van der Waals surface area contributed by atoms with Gasteiger partial charge in [0.1, 0.15) is 0 Å². The number of rotatable bonds is 6. The summed E-state index contributed by atoms with van der Waals surface area (Å²) in [6.07, 6.45) is 1.65. The number of pyridine rings is 3. The Labute approximate surface area is 238 Å². The SMILES string of the molecule is COC(=O)[C@@]12CN(Cc3ccccn3)C[C@@](C(=O)OC)([C@@H](c3cccc(C)n3)N(C)[C@H]1c1cccc(C)n1)C2(O)O. The van der Waals surface area contributed by atoms with Crippen molar-refractivity contribution in [3.63, 3.8) is 0 Å². The average Bonchev–Trinajstić information content (AvgIpc) is 2.94. The van der Waals surface area contributed by atoms with Crippen molar-refractivity contribution in [2.24, 2.45) is 10.8 Å². The maximum atomic E-state index is 14.1. The normalized spacial score (nSPS) is 27.7. The van der Waals surface area contributed by atoms with Crippen molar-refractivity contribution in [1.82, 2.24) is 24.8 Å². The highest BCUT2D eigenvalue weighted by atomic mass is 16.6. The van der Waals surface area contributed by atoms with E-state index < -0.39 is 40.6 Å². The topological polar surface area (TPSA) is 138 Å². The van der Waals surface area contributed by atoms with Gasteiger partial charge in [-0.1, -0.05) is 18.2 Å². The molecular weight excluding hydrogens is 526 g/mol. The van der Waals surface area contributed by atoms with Crippen LogP contribution < -0.4 is 0 Å². The first-order chi connectivity index (χ1) is 19.5. The Hall–Kier alpha value is -3.77. The quantitative estimate of drug-likeness (QED) is 0.336. The minimum Gasteiger partial charge on any atom is -0.468 e. The highest BCUT2D eigenvalue weighted by Crippen LogP contribution is 2.66. The molecule has 0 unspecified atom stereocenters. The number of esters is 2. The van der Waals surface area contributed by atoms with Crippen LogP contribution in [0.2, 0.25) is 0 Å². The van der Waals surface area contributed by atoms with Gasteiger partial charge in [-0.3, -0.25) is 34.3 Å². The van der Waals surface area contributed by atoms with Crippen LogP contribution in [-0.2, 0) is 25.6 Å². The molecule has 41 heavy (non-hydrogen) atoms. The van der Waals surface area contributed by atoms with Gasteiger partial charge in [-0.25, -0.2) is 0 Å². The van der Waals surface area contributed by atoms with Crippen molar-refractivity contribution in [2.75, 3.05) is 34.4 Å². The number of ether oxygens (including phenoxy) is 2. The van der Waals surface area contributed by atoms with Gasteiger partial charge in [0.2, 0.25) is 5.79 Å². The number of likely N-dealkylation sites (tertiary alicyclic amines) is 2. The average molecular weight is 562 g/mol. The van der Waals surface area contributed by atoms with Crippen LogP contribution in [0.1, 0.15) is 40.6 Å². The second-order valence-electron chi connectivity index (χ2n) is 10.9. The number of hydrogen-bond acceptors (Lipinski definition) is 11. The molecule has 0 amide bonds. The summed E-state index contributed by atoms with van der Waals surface area (Å²) in [5.74, 6) is -4.74. The minimum atomic E-state index is -2.96. The van der Waals surface area contributed by atoms with Crippen LogP contribution in [0.25, 0.3) is 0 Å². The molecule has 216 valence electrons. The van der Waals surface area contributed by atoms with Gasteiger partial charge in [0.05, 0.1) is 43.4 Å². The second-order valence-corrected chi connectivity index (χ2v) is 10.9. The van der Waals surface area contributed by atoms with E-state index >= 15 is 0 Å². The lowest BCUT2D eigenvalue weighted by atomic mass is 9.51. The summed E-state index contributed by atoms with van der Waals surface area (Å²) in [6.45, 7) is 3.52. The summed E-state index contributed by atoms with van der Waals surface area (Å²) in [4.78, 5) is 45.7. The number of aromatic nitrogens is 3. The Morgan fingerprint density at radius 3 is 1.78 bits per heavy atom. The van der Waals surface area contributed by atoms with Gasteiger partial charge in [-0.2, -0.15) is 0 Å². The fraction of sp³-hybridized carbons (Fsp3) is 0.433. The van der Waals surface area contributed by atoms with E-state index in [0.717, 1.165) is 0 Å². The largest absolute Gasteiger partial charge is 0.468 e. The number of carbonyl (C=O) groups excluding carboxylic acids is 2. The molecule has 3 aromatic heterocycles. The smallest absolute Gasteiger partial charge is 0.320 e. The van der Waals surface area contributed by atoms with Gasteiger partial charge in [0.25, 0.3) is 0 Å². The summed E-state index contributed by atoms with van der Waals surface area (Å²) >= 11 is 0. The van der Waals surface area contributed by atoms with Gasteiger partial charge in [-0.15, -0.1) is 0 Å². The number of hydrogen-bond donors (Lipinski definition) is 2. The zero-order valence-electron chi connectivity index (χ0n) is 23.8. The van der Waals surface area contributed by atoms with E-state index in [4.69, 9.17) is 19.4 Å². The molecule has 11 nitrogen and oxygen atoms in total. The molecule has 2 fully saturated rings. The molecule has 2 aliphatic heterocycles. The third kappa shape index (κ3) is 4.23. The van der Waals surface area contributed by atoms with Crippen molar-refractivity contribution < 1.29 is 29.3 Å². The molecule has 2 saturated heterocycles. The highest BCUT2D eigenvalue weighted by molar-refractivity contribution is 5.87. The van der Waals surface area contributed by atoms with Crippen molar-refractivity contribution >= 4 is 11.9 Å². The third-order valence-electron chi connectivity index (χ3n) is 8.53. The molecule has 0 aliphatic carbocycles. The molecule has 0 saturated carbocycles. The number of nitrogens with zero attached hydrogens (tertiary/aromatic N) is 5. The Bertz CT molecular complexity index is 1370.